The van der Waals surface area contributed by atoms with Gasteiger partial charge in [-0.25, -0.2) is 0 Å². The van der Waals surface area contributed by atoms with Crippen molar-refractivity contribution in [2.24, 2.45) is 0 Å². The first-order chi connectivity index (χ1) is 11.2. The van der Waals surface area contributed by atoms with E-state index in [9.17, 15) is 4.79 Å². The first-order valence-corrected chi connectivity index (χ1v) is 7.34. The fourth-order valence-corrected chi connectivity index (χ4v) is 1.92. The highest BCUT2D eigenvalue weighted by Crippen LogP contribution is 2.18. The first-order valence-electron chi connectivity index (χ1n) is 6.96. The molecule has 0 radical (unpaired) electrons. The summed E-state index contributed by atoms with van der Waals surface area (Å²) < 4.78 is 10.5. The van der Waals surface area contributed by atoms with E-state index in [0.29, 0.717) is 16.5 Å². The van der Waals surface area contributed by atoms with Crippen LogP contribution in [-0.2, 0) is 4.79 Å². The maximum Gasteiger partial charge on any atom is 0.258 e. The van der Waals surface area contributed by atoms with Gasteiger partial charge >= 0.3 is 0 Å². The second-order valence-electron chi connectivity index (χ2n) is 4.53. The van der Waals surface area contributed by atoms with E-state index in [1.807, 2.05) is 18.2 Å². The van der Waals surface area contributed by atoms with Gasteiger partial charge in [-0.1, -0.05) is 41.6 Å². The summed E-state index contributed by atoms with van der Waals surface area (Å²) in [5, 5.41) is 3.25. The van der Waals surface area contributed by atoms with Crippen LogP contribution in [0.3, 0.4) is 0 Å². The molecular formula is C18H16ClNO3. The zero-order valence-corrected chi connectivity index (χ0v) is 13.4. The second kappa shape index (κ2) is 8.72. The summed E-state index contributed by atoms with van der Waals surface area (Å²) >= 11 is 5.99. The largest absolute Gasteiger partial charge is 0.497 e. The lowest BCUT2D eigenvalue weighted by Crippen LogP contribution is -2.29. The predicted molar refractivity (Wildman–Crippen MR) is 89.8 cm³/mol. The van der Waals surface area contributed by atoms with Gasteiger partial charge in [-0.2, -0.15) is 0 Å². The van der Waals surface area contributed by atoms with Crippen LogP contribution >= 0.6 is 11.6 Å². The van der Waals surface area contributed by atoms with Gasteiger partial charge in [0.05, 0.1) is 18.7 Å². The van der Waals surface area contributed by atoms with E-state index in [1.54, 1.807) is 37.4 Å². The van der Waals surface area contributed by atoms with E-state index >= 15 is 0 Å². The van der Waals surface area contributed by atoms with E-state index in [0.717, 1.165) is 5.56 Å². The number of hydrogen-bond donors (Lipinski definition) is 1. The fourth-order valence-electron chi connectivity index (χ4n) is 1.74. The smallest absolute Gasteiger partial charge is 0.258 e. The molecule has 0 saturated carbocycles. The second-order valence-corrected chi connectivity index (χ2v) is 4.93. The molecule has 0 unspecified atom stereocenters. The SMILES string of the molecule is COc1cccc(OCC(=O)NCC#Cc2ccccc2Cl)c1. The predicted octanol–water partition coefficient (Wildman–Crippen LogP) is 2.90. The van der Waals surface area contributed by atoms with Crippen LogP contribution in [-0.4, -0.2) is 26.2 Å². The summed E-state index contributed by atoms with van der Waals surface area (Å²) in [6.07, 6.45) is 0. The Kier molecular flexibility index (Phi) is 6.34. The Labute approximate surface area is 140 Å². The summed E-state index contributed by atoms with van der Waals surface area (Å²) in [7, 11) is 1.57. The number of methoxy groups -OCH3 is 1. The van der Waals surface area contributed by atoms with E-state index in [2.05, 4.69) is 17.2 Å². The van der Waals surface area contributed by atoms with E-state index in [4.69, 9.17) is 21.1 Å². The molecular weight excluding hydrogens is 314 g/mol. The van der Waals surface area contributed by atoms with Crippen molar-refractivity contribution >= 4 is 17.5 Å². The topological polar surface area (TPSA) is 47.6 Å². The van der Waals surface area contributed by atoms with Crippen LogP contribution in [0, 0.1) is 11.8 Å². The van der Waals surface area contributed by atoms with Crippen molar-refractivity contribution in [3.63, 3.8) is 0 Å². The normalized spacial score (nSPS) is 9.48. The Balaban J connectivity index is 1.76. The van der Waals surface area contributed by atoms with Crippen LogP contribution in [0.25, 0.3) is 0 Å². The molecule has 0 aliphatic heterocycles. The zero-order chi connectivity index (χ0) is 16.5. The van der Waals surface area contributed by atoms with Crippen LogP contribution in [0.1, 0.15) is 5.56 Å². The minimum atomic E-state index is -0.249. The summed E-state index contributed by atoms with van der Waals surface area (Å²) in [6.45, 7) is 0.145. The van der Waals surface area contributed by atoms with Crippen LogP contribution in [0.15, 0.2) is 48.5 Å². The molecule has 2 aromatic carbocycles. The van der Waals surface area contributed by atoms with Gasteiger partial charge in [0, 0.05) is 11.6 Å². The minimum absolute atomic E-state index is 0.0824. The molecule has 0 spiro atoms. The maximum absolute atomic E-state index is 11.7. The van der Waals surface area contributed by atoms with Crippen molar-refractivity contribution in [3.8, 4) is 23.3 Å². The molecule has 118 valence electrons. The molecule has 0 aliphatic rings. The molecule has 1 amide bonds. The lowest BCUT2D eigenvalue weighted by atomic mass is 10.2. The Morgan fingerprint density at radius 2 is 1.96 bits per heavy atom. The first kappa shape index (κ1) is 16.7. The molecule has 0 heterocycles. The molecule has 2 rings (SSSR count). The Morgan fingerprint density at radius 3 is 2.74 bits per heavy atom. The molecule has 2 aromatic rings. The molecule has 0 aromatic heterocycles. The molecule has 0 saturated heterocycles. The van der Waals surface area contributed by atoms with Gasteiger partial charge in [-0.3, -0.25) is 4.79 Å². The van der Waals surface area contributed by atoms with Crippen LogP contribution in [0.5, 0.6) is 11.5 Å². The highest BCUT2D eigenvalue weighted by atomic mass is 35.5. The standard InChI is InChI=1S/C18H16ClNO3/c1-22-15-8-4-9-16(12-15)23-13-18(21)20-11-5-7-14-6-2-3-10-17(14)19/h2-4,6,8-10,12H,11,13H2,1H3,(H,20,21). The minimum Gasteiger partial charge on any atom is -0.497 e. The number of ether oxygens (including phenoxy) is 2. The van der Waals surface area contributed by atoms with Crippen molar-refractivity contribution in [1.82, 2.24) is 5.32 Å². The van der Waals surface area contributed by atoms with Crippen LogP contribution in [0.2, 0.25) is 5.02 Å². The lowest BCUT2D eigenvalue weighted by Gasteiger charge is -2.07. The van der Waals surface area contributed by atoms with E-state index < -0.39 is 0 Å². The number of amides is 1. The Bertz CT molecular complexity index is 734. The number of benzene rings is 2. The van der Waals surface area contributed by atoms with Gasteiger partial charge < -0.3 is 14.8 Å². The van der Waals surface area contributed by atoms with Gasteiger partial charge in [0.15, 0.2) is 6.61 Å². The highest BCUT2D eigenvalue weighted by molar-refractivity contribution is 6.31. The number of nitrogens with one attached hydrogen (secondary N) is 1. The summed E-state index contributed by atoms with van der Waals surface area (Å²) in [4.78, 5) is 11.7. The summed E-state index contributed by atoms with van der Waals surface area (Å²) in [5.74, 6) is 6.75. The van der Waals surface area contributed by atoms with Gasteiger partial charge in [0.25, 0.3) is 5.91 Å². The van der Waals surface area contributed by atoms with Gasteiger partial charge in [0.2, 0.25) is 0 Å². The maximum atomic E-state index is 11.7. The molecule has 23 heavy (non-hydrogen) atoms. The van der Waals surface area contributed by atoms with E-state index in [-0.39, 0.29) is 19.1 Å². The van der Waals surface area contributed by atoms with Crippen molar-refractivity contribution in [1.29, 1.82) is 0 Å². The average Bonchev–Trinajstić information content (AvgIpc) is 2.58. The van der Waals surface area contributed by atoms with Crippen molar-refractivity contribution in [3.05, 3.63) is 59.1 Å². The molecule has 5 heteroatoms. The third-order valence-corrected chi connectivity index (χ3v) is 3.21. The molecule has 0 atom stereocenters. The molecule has 0 bridgehead atoms. The molecule has 4 nitrogen and oxygen atoms in total. The van der Waals surface area contributed by atoms with Gasteiger partial charge in [-0.05, 0) is 24.3 Å². The van der Waals surface area contributed by atoms with Crippen molar-refractivity contribution in [2.45, 2.75) is 0 Å². The molecule has 0 aliphatic carbocycles. The third-order valence-electron chi connectivity index (χ3n) is 2.88. The van der Waals surface area contributed by atoms with Gasteiger partial charge in [0.1, 0.15) is 11.5 Å². The Morgan fingerprint density at radius 1 is 1.17 bits per heavy atom. The van der Waals surface area contributed by atoms with Crippen molar-refractivity contribution < 1.29 is 14.3 Å². The monoisotopic (exact) mass is 329 g/mol. The fraction of sp³-hybridized carbons (Fsp3) is 0.167. The van der Waals surface area contributed by atoms with Crippen LogP contribution < -0.4 is 14.8 Å². The number of rotatable bonds is 5. The Hall–Kier alpha value is -2.64. The quantitative estimate of drug-likeness (QED) is 0.858. The molecule has 0 fully saturated rings. The number of hydrogen-bond acceptors (Lipinski definition) is 3. The van der Waals surface area contributed by atoms with Gasteiger partial charge in [-0.15, -0.1) is 0 Å². The zero-order valence-electron chi connectivity index (χ0n) is 12.6. The van der Waals surface area contributed by atoms with Crippen LogP contribution in [0.4, 0.5) is 0 Å². The van der Waals surface area contributed by atoms with E-state index in [1.165, 1.54) is 0 Å². The summed E-state index contributed by atoms with van der Waals surface area (Å²) in [6, 6.07) is 14.4. The average molecular weight is 330 g/mol. The number of carbonyl (C=O) groups is 1. The third kappa shape index (κ3) is 5.57. The molecule has 1 N–H and O–H groups in total. The number of halogens is 1. The summed E-state index contributed by atoms with van der Waals surface area (Å²) in [5.41, 5.74) is 0.732. The van der Waals surface area contributed by atoms with Crippen molar-refractivity contribution in [2.75, 3.05) is 20.3 Å². The lowest BCUT2D eigenvalue weighted by molar-refractivity contribution is -0.122. The highest BCUT2D eigenvalue weighted by Gasteiger charge is 2.02. The number of carbonyl (C=O) groups excluding carboxylic acids is 1.